The lowest BCUT2D eigenvalue weighted by Crippen LogP contribution is -2.29. The minimum atomic E-state index is 0.0911. The van der Waals surface area contributed by atoms with Crippen LogP contribution in [0, 0.1) is 17.8 Å². The minimum absolute atomic E-state index is 0.0911. The van der Waals surface area contributed by atoms with Gasteiger partial charge in [-0.25, -0.2) is 0 Å². The van der Waals surface area contributed by atoms with E-state index in [-0.39, 0.29) is 17.6 Å². The van der Waals surface area contributed by atoms with Gasteiger partial charge in [0.25, 0.3) is 0 Å². The normalized spacial score (nSPS) is 32.9. The van der Waals surface area contributed by atoms with Gasteiger partial charge in [0.2, 0.25) is 0 Å². The number of Topliss-reactive ketones (excluding diaryl/α,β-unsaturated/α-hetero) is 1. The van der Waals surface area contributed by atoms with Gasteiger partial charge in [0.05, 0.1) is 6.26 Å². The summed E-state index contributed by atoms with van der Waals surface area (Å²) in [7, 11) is 0. The molecule has 0 amide bonds. The summed E-state index contributed by atoms with van der Waals surface area (Å²) in [6.45, 7) is 6.12. The van der Waals surface area contributed by atoms with Crippen molar-refractivity contribution in [2.75, 3.05) is 0 Å². The van der Waals surface area contributed by atoms with Crippen molar-refractivity contribution in [3.8, 4) is 0 Å². The van der Waals surface area contributed by atoms with Crippen LogP contribution in [0.15, 0.2) is 11.8 Å². The second kappa shape index (κ2) is 3.95. The third kappa shape index (κ3) is 1.93. The van der Waals surface area contributed by atoms with E-state index in [1.54, 1.807) is 0 Å². The minimum Gasteiger partial charge on any atom is -0.515 e. The van der Waals surface area contributed by atoms with E-state index in [4.69, 9.17) is 5.11 Å². The largest absolute Gasteiger partial charge is 0.515 e. The highest BCUT2D eigenvalue weighted by Gasteiger charge is 2.32. The van der Waals surface area contributed by atoms with Crippen molar-refractivity contribution in [3.05, 3.63) is 11.8 Å². The highest BCUT2D eigenvalue weighted by atomic mass is 16.2. The number of allylic oxidation sites excluding steroid dienone is 1. The van der Waals surface area contributed by atoms with Crippen molar-refractivity contribution in [1.82, 2.24) is 0 Å². The topological polar surface area (TPSA) is 37.3 Å². The van der Waals surface area contributed by atoms with E-state index in [2.05, 4.69) is 13.8 Å². The average Bonchev–Trinajstić information content (AvgIpc) is 2.09. The monoisotopic (exact) mass is 182 g/mol. The summed E-state index contributed by atoms with van der Waals surface area (Å²) in [4.78, 5) is 11.6. The van der Waals surface area contributed by atoms with Gasteiger partial charge < -0.3 is 5.11 Å². The van der Waals surface area contributed by atoms with E-state index in [0.717, 1.165) is 19.1 Å². The molecule has 13 heavy (non-hydrogen) atoms. The van der Waals surface area contributed by atoms with Gasteiger partial charge in [-0.05, 0) is 24.7 Å². The van der Waals surface area contributed by atoms with Crippen molar-refractivity contribution >= 4 is 5.78 Å². The fourth-order valence-electron chi connectivity index (χ4n) is 2.04. The smallest absolute Gasteiger partial charge is 0.164 e. The average molecular weight is 182 g/mol. The first-order chi connectivity index (χ1) is 6.07. The van der Waals surface area contributed by atoms with Crippen LogP contribution in [0.1, 0.15) is 33.6 Å². The predicted octanol–water partition coefficient (Wildman–Crippen LogP) is 2.70. The van der Waals surface area contributed by atoms with Gasteiger partial charge in [-0.15, -0.1) is 0 Å². The summed E-state index contributed by atoms with van der Waals surface area (Å²) in [5, 5.41) is 9.02. The van der Waals surface area contributed by atoms with Gasteiger partial charge >= 0.3 is 0 Å². The van der Waals surface area contributed by atoms with E-state index in [0.29, 0.717) is 11.5 Å². The van der Waals surface area contributed by atoms with Crippen LogP contribution in [0.5, 0.6) is 0 Å². The molecule has 74 valence electrons. The Labute approximate surface area is 79.6 Å². The SMILES string of the molecule is CC1CCC(C(C)C)/C(=C\O)C1=O. The Morgan fingerprint density at radius 3 is 2.54 bits per heavy atom. The van der Waals surface area contributed by atoms with Gasteiger partial charge in [0, 0.05) is 11.5 Å². The Morgan fingerprint density at radius 1 is 1.46 bits per heavy atom. The van der Waals surface area contributed by atoms with E-state index < -0.39 is 0 Å². The molecule has 2 unspecified atom stereocenters. The second-order valence-corrected chi connectivity index (χ2v) is 4.28. The first-order valence-electron chi connectivity index (χ1n) is 4.96. The molecule has 1 N–H and O–H groups in total. The second-order valence-electron chi connectivity index (χ2n) is 4.28. The zero-order chi connectivity index (χ0) is 10.0. The molecule has 0 spiro atoms. The maximum atomic E-state index is 11.6. The highest BCUT2D eigenvalue weighted by molar-refractivity contribution is 5.97. The number of aliphatic hydroxyl groups is 1. The van der Waals surface area contributed by atoms with Crippen LogP contribution in [-0.2, 0) is 4.79 Å². The van der Waals surface area contributed by atoms with Crippen LogP contribution in [0.4, 0.5) is 0 Å². The molecule has 0 aromatic heterocycles. The first-order valence-corrected chi connectivity index (χ1v) is 4.96. The molecular weight excluding hydrogens is 164 g/mol. The molecule has 1 aliphatic rings. The third-order valence-electron chi connectivity index (χ3n) is 2.99. The van der Waals surface area contributed by atoms with E-state index in [1.807, 2.05) is 6.92 Å². The van der Waals surface area contributed by atoms with E-state index in [1.165, 1.54) is 0 Å². The van der Waals surface area contributed by atoms with Gasteiger partial charge in [-0.2, -0.15) is 0 Å². The molecule has 2 nitrogen and oxygen atoms in total. The fourth-order valence-corrected chi connectivity index (χ4v) is 2.04. The number of hydrogen-bond acceptors (Lipinski definition) is 2. The molecule has 0 aliphatic heterocycles. The van der Waals surface area contributed by atoms with Gasteiger partial charge in [0.1, 0.15) is 0 Å². The Hall–Kier alpha value is -0.790. The summed E-state index contributed by atoms with van der Waals surface area (Å²) >= 11 is 0. The molecule has 0 bridgehead atoms. The van der Waals surface area contributed by atoms with Gasteiger partial charge in [-0.1, -0.05) is 20.8 Å². The van der Waals surface area contributed by atoms with Crippen LogP contribution in [0.3, 0.4) is 0 Å². The van der Waals surface area contributed by atoms with Gasteiger partial charge in [0.15, 0.2) is 5.78 Å². The molecule has 0 heterocycles. The molecule has 0 saturated heterocycles. The molecule has 1 rings (SSSR count). The van der Waals surface area contributed by atoms with Crippen LogP contribution >= 0.6 is 0 Å². The molecule has 0 radical (unpaired) electrons. The Kier molecular flexibility index (Phi) is 3.12. The molecule has 2 heteroatoms. The van der Waals surface area contributed by atoms with Crippen molar-refractivity contribution in [2.45, 2.75) is 33.6 Å². The maximum absolute atomic E-state index is 11.6. The van der Waals surface area contributed by atoms with E-state index in [9.17, 15) is 4.79 Å². The molecule has 1 saturated carbocycles. The van der Waals surface area contributed by atoms with Gasteiger partial charge in [-0.3, -0.25) is 4.79 Å². The number of aliphatic hydroxyl groups excluding tert-OH is 1. The Bertz CT molecular complexity index is 228. The molecule has 0 aromatic rings. The predicted molar refractivity (Wildman–Crippen MR) is 52.4 cm³/mol. The van der Waals surface area contributed by atoms with Crippen LogP contribution in [-0.4, -0.2) is 10.9 Å². The Balaban J connectivity index is 2.85. The van der Waals surface area contributed by atoms with Crippen molar-refractivity contribution < 1.29 is 9.90 Å². The lowest BCUT2D eigenvalue weighted by atomic mass is 9.73. The standard InChI is InChI=1S/C11H18O2/c1-7(2)9-5-4-8(3)11(13)10(9)6-12/h6-9,12H,4-5H2,1-3H3/b10-6+. The summed E-state index contributed by atoms with van der Waals surface area (Å²) in [6, 6.07) is 0. The summed E-state index contributed by atoms with van der Waals surface area (Å²) in [6.07, 6.45) is 3.00. The summed E-state index contributed by atoms with van der Waals surface area (Å²) < 4.78 is 0. The fraction of sp³-hybridized carbons (Fsp3) is 0.727. The number of hydrogen-bond donors (Lipinski definition) is 1. The van der Waals surface area contributed by atoms with Crippen molar-refractivity contribution in [1.29, 1.82) is 0 Å². The number of carbonyl (C=O) groups excluding carboxylic acids is 1. The van der Waals surface area contributed by atoms with Crippen molar-refractivity contribution in [3.63, 3.8) is 0 Å². The zero-order valence-electron chi connectivity index (χ0n) is 8.58. The summed E-state index contributed by atoms with van der Waals surface area (Å²) in [5.74, 6) is 0.921. The molecular formula is C11H18O2. The number of ketones is 1. The maximum Gasteiger partial charge on any atom is 0.164 e. The van der Waals surface area contributed by atoms with Crippen LogP contribution < -0.4 is 0 Å². The van der Waals surface area contributed by atoms with E-state index >= 15 is 0 Å². The quantitative estimate of drug-likeness (QED) is 0.500. The molecule has 2 atom stereocenters. The van der Waals surface area contributed by atoms with Crippen LogP contribution in [0.25, 0.3) is 0 Å². The molecule has 0 aromatic carbocycles. The molecule has 1 fully saturated rings. The molecule has 1 aliphatic carbocycles. The zero-order valence-corrected chi connectivity index (χ0v) is 8.58. The van der Waals surface area contributed by atoms with Crippen molar-refractivity contribution in [2.24, 2.45) is 17.8 Å². The Morgan fingerprint density at radius 2 is 2.08 bits per heavy atom. The number of rotatable bonds is 1. The number of carbonyl (C=O) groups is 1. The highest BCUT2D eigenvalue weighted by Crippen LogP contribution is 2.34. The van der Waals surface area contributed by atoms with Crippen LogP contribution in [0.2, 0.25) is 0 Å². The third-order valence-corrected chi connectivity index (χ3v) is 2.99. The summed E-state index contributed by atoms with van der Waals surface area (Å²) in [5.41, 5.74) is 0.633. The lowest BCUT2D eigenvalue weighted by Gasteiger charge is -2.30. The lowest BCUT2D eigenvalue weighted by molar-refractivity contribution is -0.121. The first kappa shape index (κ1) is 10.3.